The van der Waals surface area contributed by atoms with Crippen LogP contribution in [0, 0.1) is 0 Å². The Bertz CT molecular complexity index is 466. The third-order valence-electron chi connectivity index (χ3n) is 4.22. The number of carbonyl (C=O) groups excluding carboxylic acids is 1. The summed E-state index contributed by atoms with van der Waals surface area (Å²) in [4.78, 5) is 12.2. The van der Waals surface area contributed by atoms with Gasteiger partial charge in [-0.25, -0.2) is 4.39 Å². The predicted octanol–water partition coefficient (Wildman–Crippen LogP) is 2.58. The van der Waals surface area contributed by atoms with E-state index in [2.05, 4.69) is 10.6 Å². The summed E-state index contributed by atoms with van der Waals surface area (Å²) < 4.78 is 12.5. The summed E-state index contributed by atoms with van der Waals surface area (Å²) in [5.41, 5.74) is 1.35. The molecule has 3 nitrogen and oxygen atoms in total. The molecule has 102 valence electrons. The fraction of sp³-hybridized carbons (Fsp3) is 0.533. The summed E-state index contributed by atoms with van der Waals surface area (Å²) in [7, 11) is 0. The molecule has 1 saturated heterocycles. The van der Waals surface area contributed by atoms with Crippen LogP contribution in [0.2, 0.25) is 0 Å². The molecular formula is C15H19FN2O. The molecule has 0 bridgehead atoms. The van der Waals surface area contributed by atoms with Gasteiger partial charge in [-0.05, 0) is 36.8 Å². The van der Waals surface area contributed by atoms with E-state index in [-0.39, 0.29) is 17.6 Å². The summed E-state index contributed by atoms with van der Waals surface area (Å²) in [6, 6.07) is 6.88. The summed E-state index contributed by atoms with van der Waals surface area (Å²) in [5, 5.41) is 6.58. The second-order valence-corrected chi connectivity index (χ2v) is 5.58. The van der Waals surface area contributed by atoms with Crippen molar-refractivity contribution >= 4 is 5.91 Å². The molecule has 1 aromatic rings. The first-order valence-corrected chi connectivity index (χ1v) is 6.97. The van der Waals surface area contributed by atoms with E-state index in [1.807, 2.05) is 12.1 Å². The normalized spacial score (nSPS) is 25.5. The molecule has 1 saturated carbocycles. The first-order valence-electron chi connectivity index (χ1n) is 6.97. The topological polar surface area (TPSA) is 41.1 Å². The highest BCUT2D eigenvalue weighted by atomic mass is 19.1. The van der Waals surface area contributed by atoms with Gasteiger partial charge in [0, 0.05) is 0 Å². The summed E-state index contributed by atoms with van der Waals surface area (Å²) >= 11 is 0. The van der Waals surface area contributed by atoms with Crippen LogP contribution in [0.3, 0.4) is 0 Å². The van der Waals surface area contributed by atoms with Crippen LogP contribution in [-0.4, -0.2) is 11.6 Å². The molecule has 2 N–H and O–H groups in total. The van der Waals surface area contributed by atoms with Crippen molar-refractivity contribution in [3.63, 3.8) is 0 Å². The Kier molecular flexibility index (Phi) is 3.27. The zero-order valence-electron chi connectivity index (χ0n) is 10.9. The Balaban J connectivity index is 1.79. The van der Waals surface area contributed by atoms with Gasteiger partial charge in [0.05, 0.1) is 5.66 Å². The Morgan fingerprint density at radius 3 is 2.47 bits per heavy atom. The second kappa shape index (κ2) is 4.93. The number of halogens is 1. The SMILES string of the molecule is O=C1NC2(CCCCC2)NC1c1ccc(CF)cc1. The molecule has 1 amide bonds. The van der Waals surface area contributed by atoms with Gasteiger partial charge in [-0.2, -0.15) is 0 Å². The third kappa shape index (κ3) is 2.37. The monoisotopic (exact) mass is 262 g/mol. The average Bonchev–Trinajstić information content (AvgIpc) is 2.76. The van der Waals surface area contributed by atoms with Crippen molar-refractivity contribution in [3.8, 4) is 0 Å². The fourth-order valence-corrected chi connectivity index (χ4v) is 3.14. The molecule has 1 aromatic carbocycles. The van der Waals surface area contributed by atoms with E-state index in [0.29, 0.717) is 5.56 Å². The lowest BCUT2D eigenvalue weighted by Gasteiger charge is -2.33. The molecule has 3 rings (SSSR count). The minimum Gasteiger partial charge on any atom is -0.336 e. The molecule has 4 heteroatoms. The van der Waals surface area contributed by atoms with Crippen LogP contribution in [0.15, 0.2) is 24.3 Å². The molecule has 0 aromatic heterocycles. The van der Waals surface area contributed by atoms with Crippen molar-refractivity contribution in [2.45, 2.75) is 50.5 Å². The maximum absolute atomic E-state index is 12.5. The summed E-state index contributed by atoms with van der Waals surface area (Å²) in [6.07, 6.45) is 5.55. The molecule has 1 aliphatic heterocycles. The fourth-order valence-electron chi connectivity index (χ4n) is 3.14. The molecule has 0 radical (unpaired) electrons. The molecule has 1 spiro atoms. The number of rotatable bonds is 2. The van der Waals surface area contributed by atoms with Gasteiger partial charge in [-0.3, -0.25) is 10.1 Å². The molecular weight excluding hydrogens is 243 g/mol. The van der Waals surface area contributed by atoms with E-state index in [1.54, 1.807) is 12.1 Å². The summed E-state index contributed by atoms with van der Waals surface area (Å²) in [5.74, 6) is 0.0369. The van der Waals surface area contributed by atoms with Crippen LogP contribution in [-0.2, 0) is 11.5 Å². The number of amides is 1. The van der Waals surface area contributed by atoms with Crippen LogP contribution in [0.5, 0.6) is 0 Å². The number of hydrogen-bond acceptors (Lipinski definition) is 2. The van der Waals surface area contributed by atoms with Gasteiger partial charge in [-0.15, -0.1) is 0 Å². The predicted molar refractivity (Wildman–Crippen MR) is 71.1 cm³/mol. The van der Waals surface area contributed by atoms with Crippen molar-refractivity contribution in [2.24, 2.45) is 0 Å². The van der Waals surface area contributed by atoms with Crippen molar-refractivity contribution in [1.29, 1.82) is 0 Å². The van der Waals surface area contributed by atoms with Gasteiger partial charge in [0.2, 0.25) is 5.91 Å². The highest BCUT2D eigenvalue weighted by Crippen LogP contribution is 2.33. The lowest BCUT2D eigenvalue weighted by Crippen LogP contribution is -2.51. The maximum atomic E-state index is 12.5. The molecule has 2 aliphatic rings. The number of nitrogens with one attached hydrogen (secondary N) is 2. The highest BCUT2D eigenvalue weighted by Gasteiger charge is 2.44. The van der Waals surface area contributed by atoms with Gasteiger partial charge in [0.15, 0.2) is 0 Å². The molecule has 2 fully saturated rings. The molecule has 1 aliphatic carbocycles. The van der Waals surface area contributed by atoms with Crippen LogP contribution < -0.4 is 10.6 Å². The minimum atomic E-state index is -0.464. The Labute approximate surface area is 112 Å². The van der Waals surface area contributed by atoms with Gasteiger partial charge in [-0.1, -0.05) is 30.7 Å². The first kappa shape index (κ1) is 12.6. The van der Waals surface area contributed by atoms with E-state index < -0.39 is 6.67 Å². The number of benzene rings is 1. The second-order valence-electron chi connectivity index (χ2n) is 5.58. The lowest BCUT2D eigenvalue weighted by atomic mass is 9.89. The minimum absolute atomic E-state index is 0.0369. The molecule has 1 atom stereocenters. The van der Waals surface area contributed by atoms with Crippen LogP contribution in [0.25, 0.3) is 0 Å². The molecule has 1 heterocycles. The van der Waals surface area contributed by atoms with Crippen molar-refractivity contribution < 1.29 is 9.18 Å². The zero-order chi connectivity index (χ0) is 13.3. The van der Waals surface area contributed by atoms with E-state index in [1.165, 1.54) is 6.42 Å². The molecule has 1 unspecified atom stereocenters. The largest absolute Gasteiger partial charge is 0.336 e. The van der Waals surface area contributed by atoms with E-state index in [9.17, 15) is 9.18 Å². The number of hydrogen-bond donors (Lipinski definition) is 2. The van der Waals surface area contributed by atoms with E-state index in [4.69, 9.17) is 0 Å². The Hall–Kier alpha value is -1.42. The van der Waals surface area contributed by atoms with Gasteiger partial charge in [0.25, 0.3) is 0 Å². The Morgan fingerprint density at radius 1 is 1.16 bits per heavy atom. The van der Waals surface area contributed by atoms with Crippen LogP contribution in [0.1, 0.15) is 49.3 Å². The quantitative estimate of drug-likeness (QED) is 0.860. The van der Waals surface area contributed by atoms with E-state index in [0.717, 1.165) is 31.2 Å². The van der Waals surface area contributed by atoms with Crippen molar-refractivity contribution in [2.75, 3.05) is 0 Å². The van der Waals surface area contributed by atoms with Crippen LogP contribution in [0.4, 0.5) is 4.39 Å². The highest BCUT2D eigenvalue weighted by molar-refractivity contribution is 5.86. The van der Waals surface area contributed by atoms with Gasteiger partial charge in [0.1, 0.15) is 12.7 Å². The lowest BCUT2D eigenvalue weighted by molar-refractivity contribution is -0.121. The summed E-state index contributed by atoms with van der Waals surface area (Å²) in [6.45, 7) is -0.464. The van der Waals surface area contributed by atoms with Crippen molar-refractivity contribution in [3.05, 3.63) is 35.4 Å². The third-order valence-corrected chi connectivity index (χ3v) is 4.22. The van der Waals surface area contributed by atoms with Crippen molar-refractivity contribution in [1.82, 2.24) is 10.6 Å². The Morgan fingerprint density at radius 2 is 1.84 bits per heavy atom. The van der Waals surface area contributed by atoms with Crippen LogP contribution >= 0.6 is 0 Å². The smallest absolute Gasteiger partial charge is 0.243 e. The standard InChI is InChI=1S/C15H19FN2O/c16-10-11-4-6-12(7-5-11)13-14(19)18-15(17-13)8-2-1-3-9-15/h4-7,13,17H,1-3,8-10H2,(H,18,19). The van der Waals surface area contributed by atoms with Gasteiger partial charge >= 0.3 is 0 Å². The molecule has 19 heavy (non-hydrogen) atoms. The number of alkyl halides is 1. The van der Waals surface area contributed by atoms with Gasteiger partial charge < -0.3 is 5.32 Å². The zero-order valence-corrected chi connectivity index (χ0v) is 10.9. The average molecular weight is 262 g/mol. The first-order chi connectivity index (χ1) is 9.22. The maximum Gasteiger partial charge on any atom is 0.243 e. The van der Waals surface area contributed by atoms with E-state index >= 15 is 0 Å². The number of carbonyl (C=O) groups is 1.